The van der Waals surface area contributed by atoms with E-state index in [1.54, 1.807) is 35.1 Å². The highest BCUT2D eigenvalue weighted by atomic mass is 35.5. The Morgan fingerprint density at radius 3 is 2.48 bits per heavy atom. The molecular weight excluding hydrogens is 338 g/mol. The maximum atomic E-state index is 11.5. The number of piperidine rings is 1. The summed E-state index contributed by atoms with van der Waals surface area (Å²) in [6, 6.07) is 6.63. The Kier molecular flexibility index (Phi) is 5.67. The standard InChI is InChI=1S/C15H19N3O3S.ClH/c1-22(19,20)15-4-2-12(3-5-15)18-11-14(10-17-18)21-13-6-8-16-9-7-13;/h2-5,10-11,13,16H,6-9H2,1H3;1H. The molecule has 126 valence electrons. The molecule has 1 fully saturated rings. The van der Waals surface area contributed by atoms with Crippen molar-refractivity contribution in [2.75, 3.05) is 19.3 Å². The van der Waals surface area contributed by atoms with Crippen LogP contribution in [0, 0.1) is 0 Å². The van der Waals surface area contributed by atoms with E-state index < -0.39 is 9.84 Å². The van der Waals surface area contributed by atoms with Crippen molar-refractivity contribution in [3.05, 3.63) is 36.7 Å². The quantitative estimate of drug-likeness (QED) is 0.903. The number of nitrogens with zero attached hydrogens (tertiary/aromatic N) is 2. The smallest absolute Gasteiger partial charge is 0.175 e. The number of halogens is 1. The van der Waals surface area contributed by atoms with Crippen LogP contribution in [0.1, 0.15) is 12.8 Å². The zero-order valence-electron chi connectivity index (χ0n) is 12.8. The second kappa shape index (κ2) is 7.33. The monoisotopic (exact) mass is 357 g/mol. The largest absolute Gasteiger partial charge is 0.487 e. The molecule has 2 aromatic rings. The fraction of sp³-hybridized carbons (Fsp3) is 0.400. The van der Waals surface area contributed by atoms with Crippen molar-refractivity contribution in [1.29, 1.82) is 0 Å². The molecule has 23 heavy (non-hydrogen) atoms. The molecule has 0 atom stereocenters. The highest BCUT2D eigenvalue weighted by molar-refractivity contribution is 7.90. The molecule has 2 heterocycles. The lowest BCUT2D eigenvalue weighted by molar-refractivity contribution is 0.162. The zero-order valence-corrected chi connectivity index (χ0v) is 14.4. The summed E-state index contributed by atoms with van der Waals surface area (Å²) in [6.07, 6.45) is 6.92. The zero-order chi connectivity index (χ0) is 15.6. The molecule has 6 nitrogen and oxygen atoms in total. The molecule has 0 amide bonds. The summed E-state index contributed by atoms with van der Waals surface area (Å²) in [5.41, 5.74) is 0.799. The van der Waals surface area contributed by atoms with Crippen LogP contribution in [-0.2, 0) is 9.84 Å². The Morgan fingerprint density at radius 1 is 1.22 bits per heavy atom. The summed E-state index contributed by atoms with van der Waals surface area (Å²) in [4.78, 5) is 0.301. The third-order valence-electron chi connectivity index (χ3n) is 3.68. The van der Waals surface area contributed by atoms with Crippen LogP contribution in [0.3, 0.4) is 0 Å². The maximum absolute atomic E-state index is 11.5. The molecule has 1 aliphatic rings. The van der Waals surface area contributed by atoms with E-state index in [1.165, 1.54) is 6.26 Å². The van der Waals surface area contributed by atoms with E-state index in [0.717, 1.165) is 37.4 Å². The van der Waals surface area contributed by atoms with Gasteiger partial charge in [0.2, 0.25) is 0 Å². The van der Waals surface area contributed by atoms with Gasteiger partial charge in [0.05, 0.1) is 23.0 Å². The van der Waals surface area contributed by atoms with Crippen LogP contribution in [-0.4, -0.2) is 43.6 Å². The number of hydrogen-bond donors (Lipinski definition) is 1. The van der Waals surface area contributed by atoms with Gasteiger partial charge in [-0.2, -0.15) is 5.10 Å². The third-order valence-corrected chi connectivity index (χ3v) is 4.81. The molecule has 8 heteroatoms. The molecule has 1 saturated heterocycles. The molecule has 0 spiro atoms. The molecule has 0 unspecified atom stereocenters. The van der Waals surface area contributed by atoms with E-state index in [0.29, 0.717) is 4.90 Å². The van der Waals surface area contributed by atoms with Gasteiger partial charge in [-0.3, -0.25) is 0 Å². The number of aromatic nitrogens is 2. The average molecular weight is 358 g/mol. The van der Waals surface area contributed by atoms with Crippen LogP contribution >= 0.6 is 12.4 Å². The first kappa shape index (κ1) is 17.8. The number of benzene rings is 1. The molecular formula is C15H20ClN3O3S. The highest BCUT2D eigenvalue weighted by Crippen LogP contribution is 2.19. The molecule has 0 aliphatic carbocycles. The van der Waals surface area contributed by atoms with Crippen LogP contribution in [0.15, 0.2) is 41.6 Å². The predicted molar refractivity (Wildman–Crippen MR) is 90.4 cm³/mol. The summed E-state index contributed by atoms with van der Waals surface area (Å²) >= 11 is 0. The van der Waals surface area contributed by atoms with Gasteiger partial charge in [-0.05, 0) is 50.2 Å². The first-order valence-electron chi connectivity index (χ1n) is 7.25. The van der Waals surface area contributed by atoms with Crippen LogP contribution in [0.5, 0.6) is 5.75 Å². The Labute approximate surface area is 142 Å². The van der Waals surface area contributed by atoms with E-state index in [9.17, 15) is 8.42 Å². The maximum Gasteiger partial charge on any atom is 0.175 e. The minimum atomic E-state index is -3.18. The van der Waals surface area contributed by atoms with Crippen LogP contribution in [0.25, 0.3) is 5.69 Å². The summed E-state index contributed by atoms with van der Waals surface area (Å²) < 4.78 is 30.5. The predicted octanol–water partition coefficient (Wildman–Crippen LogP) is 1.83. The lowest BCUT2D eigenvalue weighted by Gasteiger charge is -2.22. The van der Waals surface area contributed by atoms with Crippen LogP contribution in [0.2, 0.25) is 0 Å². The van der Waals surface area contributed by atoms with Gasteiger partial charge in [0.1, 0.15) is 6.10 Å². The minimum absolute atomic E-state index is 0. The van der Waals surface area contributed by atoms with E-state index >= 15 is 0 Å². The van der Waals surface area contributed by atoms with E-state index in [-0.39, 0.29) is 18.5 Å². The van der Waals surface area contributed by atoms with Gasteiger partial charge < -0.3 is 10.1 Å². The fourth-order valence-electron chi connectivity index (χ4n) is 2.46. The Balaban J connectivity index is 0.00000192. The lowest BCUT2D eigenvalue weighted by Crippen LogP contribution is -2.34. The van der Waals surface area contributed by atoms with Gasteiger partial charge in [0, 0.05) is 6.26 Å². The van der Waals surface area contributed by atoms with Crippen molar-refractivity contribution >= 4 is 22.2 Å². The fourth-order valence-corrected chi connectivity index (χ4v) is 3.09. The van der Waals surface area contributed by atoms with Crippen molar-refractivity contribution in [3.8, 4) is 11.4 Å². The van der Waals surface area contributed by atoms with Crippen LogP contribution < -0.4 is 10.1 Å². The van der Waals surface area contributed by atoms with Gasteiger partial charge in [-0.25, -0.2) is 13.1 Å². The topological polar surface area (TPSA) is 73.2 Å². The molecule has 1 aliphatic heterocycles. The summed E-state index contributed by atoms with van der Waals surface area (Å²) in [5, 5.41) is 7.57. The number of nitrogens with one attached hydrogen (secondary N) is 1. The minimum Gasteiger partial charge on any atom is -0.487 e. The number of hydrogen-bond acceptors (Lipinski definition) is 5. The Morgan fingerprint density at radius 2 is 1.87 bits per heavy atom. The Bertz CT molecular complexity index is 738. The second-order valence-corrected chi connectivity index (χ2v) is 7.47. The SMILES string of the molecule is CS(=O)(=O)c1ccc(-n2cc(OC3CCNCC3)cn2)cc1.Cl. The molecule has 3 rings (SSSR count). The van der Waals surface area contributed by atoms with Gasteiger partial charge >= 0.3 is 0 Å². The molecule has 1 N–H and O–H groups in total. The van der Waals surface area contributed by atoms with Gasteiger partial charge in [0.15, 0.2) is 15.6 Å². The van der Waals surface area contributed by atoms with Crippen molar-refractivity contribution < 1.29 is 13.2 Å². The first-order valence-corrected chi connectivity index (χ1v) is 9.14. The Hall–Kier alpha value is -1.57. The van der Waals surface area contributed by atoms with E-state index in [4.69, 9.17) is 4.74 Å². The summed E-state index contributed by atoms with van der Waals surface area (Å²) in [6.45, 7) is 1.96. The van der Waals surface area contributed by atoms with Gasteiger partial charge in [0.25, 0.3) is 0 Å². The van der Waals surface area contributed by atoms with Crippen molar-refractivity contribution in [1.82, 2.24) is 15.1 Å². The molecule has 1 aromatic heterocycles. The molecule has 0 bridgehead atoms. The lowest BCUT2D eigenvalue weighted by atomic mass is 10.1. The van der Waals surface area contributed by atoms with Gasteiger partial charge in [-0.15, -0.1) is 12.4 Å². The van der Waals surface area contributed by atoms with E-state index in [2.05, 4.69) is 10.4 Å². The molecule has 0 radical (unpaired) electrons. The molecule has 1 aromatic carbocycles. The average Bonchev–Trinajstić information content (AvgIpc) is 2.96. The number of rotatable bonds is 4. The van der Waals surface area contributed by atoms with Crippen molar-refractivity contribution in [2.45, 2.75) is 23.8 Å². The first-order chi connectivity index (χ1) is 10.5. The third kappa shape index (κ3) is 4.46. The second-order valence-electron chi connectivity index (χ2n) is 5.45. The number of sulfone groups is 1. The normalized spacial score (nSPS) is 15.9. The van der Waals surface area contributed by atoms with Crippen molar-refractivity contribution in [2.24, 2.45) is 0 Å². The van der Waals surface area contributed by atoms with Crippen molar-refractivity contribution in [3.63, 3.8) is 0 Å². The summed E-state index contributed by atoms with van der Waals surface area (Å²) in [7, 11) is -3.18. The summed E-state index contributed by atoms with van der Waals surface area (Å²) in [5.74, 6) is 0.735. The van der Waals surface area contributed by atoms with E-state index in [1.807, 2.05) is 6.20 Å². The molecule has 0 saturated carbocycles. The van der Waals surface area contributed by atoms with Crippen LogP contribution in [0.4, 0.5) is 0 Å². The van der Waals surface area contributed by atoms with Gasteiger partial charge in [-0.1, -0.05) is 0 Å². The number of ether oxygens (including phenoxy) is 1. The highest BCUT2D eigenvalue weighted by Gasteiger charge is 2.15.